The van der Waals surface area contributed by atoms with Crippen LogP contribution in [0, 0.1) is 11.6 Å². The van der Waals surface area contributed by atoms with E-state index >= 15 is 0 Å². The summed E-state index contributed by atoms with van der Waals surface area (Å²) < 4.78 is 33.5. The molecule has 2 aromatic heterocycles. The number of halogens is 2. The summed E-state index contributed by atoms with van der Waals surface area (Å²) in [6, 6.07) is 16.6. The van der Waals surface area contributed by atoms with E-state index in [0.29, 0.717) is 65.4 Å². The Labute approximate surface area is 215 Å². The lowest BCUT2D eigenvalue weighted by Gasteiger charge is -2.14. The molecule has 0 amide bonds. The summed E-state index contributed by atoms with van der Waals surface area (Å²) in [5, 5.41) is 13.3. The lowest BCUT2D eigenvalue weighted by molar-refractivity contribution is -0.137. The highest BCUT2D eigenvalue weighted by molar-refractivity contribution is 5.82. The van der Waals surface area contributed by atoms with Crippen molar-refractivity contribution in [2.45, 2.75) is 32.1 Å². The van der Waals surface area contributed by atoms with Crippen LogP contribution in [0.4, 0.5) is 8.78 Å². The molecule has 0 aliphatic carbocycles. The van der Waals surface area contributed by atoms with Crippen molar-refractivity contribution in [3.63, 3.8) is 0 Å². The van der Waals surface area contributed by atoms with Crippen LogP contribution in [0.1, 0.15) is 36.5 Å². The highest BCUT2D eigenvalue weighted by Gasteiger charge is 2.16. The number of carboxylic acid groups (broad SMARTS) is 1. The molecule has 5 rings (SSSR count). The number of fused-ring (bicyclic) bond motifs is 1. The van der Waals surface area contributed by atoms with Gasteiger partial charge in [-0.1, -0.05) is 23.4 Å². The zero-order chi connectivity index (χ0) is 26.6. The highest BCUT2D eigenvalue weighted by atomic mass is 19.1. The number of aryl methyl sites for hydroxylation is 1. The molecule has 2 heterocycles. The number of aliphatic carboxylic acids is 1. The molecule has 0 fully saturated rings. The SMILES string of the molecule is O=C(O)CCCCc1nc2cc(-c3noc(Cc4ccc(F)cc4)n3)ccc2c(=O)n1-c1ccc(F)cc1. The minimum absolute atomic E-state index is 0.0105. The van der Waals surface area contributed by atoms with Crippen LogP contribution in [0.25, 0.3) is 28.0 Å². The Hall–Kier alpha value is -4.73. The van der Waals surface area contributed by atoms with Crippen LogP contribution in [0.15, 0.2) is 76.0 Å². The van der Waals surface area contributed by atoms with Gasteiger partial charge in [-0.3, -0.25) is 14.2 Å². The van der Waals surface area contributed by atoms with Gasteiger partial charge in [0.15, 0.2) is 0 Å². The third-order valence-electron chi connectivity index (χ3n) is 6.06. The van der Waals surface area contributed by atoms with Crippen LogP contribution in [0.5, 0.6) is 0 Å². The van der Waals surface area contributed by atoms with Gasteiger partial charge >= 0.3 is 5.97 Å². The Morgan fingerprint density at radius 2 is 1.63 bits per heavy atom. The van der Waals surface area contributed by atoms with Crippen molar-refractivity contribution < 1.29 is 23.2 Å². The molecule has 0 saturated heterocycles. The van der Waals surface area contributed by atoms with Gasteiger partial charge in [0, 0.05) is 18.4 Å². The number of hydrogen-bond acceptors (Lipinski definition) is 6. The maximum Gasteiger partial charge on any atom is 0.303 e. The largest absolute Gasteiger partial charge is 0.481 e. The van der Waals surface area contributed by atoms with Crippen LogP contribution in [0.3, 0.4) is 0 Å². The zero-order valence-corrected chi connectivity index (χ0v) is 20.1. The molecule has 38 heavy (non-hydrogen) atoms. The molecule has 0 unspecified atom stereocenters. The summed E-state index contributed by atoms with van der Waals surface area (Å²) in [4.78, 5) is 33.6. The molecular formula is C28H22F2N4O4. The Morgan fingerprint density at radius 1 is 0.921 bits per heavy atom. The molecule has 5 aromatic rings. The first-order valence-corrected chi connectivity index (χ1v) is 12.0. The van der Waals surface area contributed by atoms with Gasteiger partial charge in [-0.25, -0.2) is 13.8 Å². The second-order valence-electron chi connectivity index (χ2n) is 8.79. The minimum atomic E-state index is -0.893. The van der Waals surface area contributed by atoms with Crippen molar-refractivity contribution in [3.8, 4) is 17.1 Å². The lowest BCUT2D eigenvalue weighted by atomic mass is 10.1. The number of hydrogen-bond donors (Lipinski definition) is 1. The molecule has 0 aliphatic heterocycles. The van der Waals surface area contributed by atoms with Crippen LogP contribution < -0.4 is 5.56 Å². The van der Waals surface area contributed by atoms with E-state index in [0.717, 1.165) is 5.56 Å². The number of carbonyl (C=O) groups is 1. The summed E-state index contributed by atoms with van der Waals surface area (Å²) in [5.74, 6) is -0.551. The van der Waals surface area contributed by atoms with E-state index in [2.05, 4.69) is 10.1 Å². The van der Waals surface area contributed by atoms with E-state index in [1.807, 2.05) is 0 Å². The maximum absolute atomic E-state index is 13.5. The van der Waals surface area contributed by atoms with Gasteiger partial charge in [0.1, 0.15) is 17.5 Å². The van der Waals surface area contributed by atoms with Gasteiger partial charge in [-0.05, 0) is 66.9 Å². The summed E-state index contributed by atoms with van der Waals surface area (Å²) in [7, 11) is 0. The first kappa shape index (κ1) is 24.9. The van der Waals surface area contributed by atoms with E-state index in [-0.39, 0.29) is 17.8 Å². The van der Waals surface area contributed by atoms with Gasteiger partial charge in [-0.15, -0.1) is 0 Å². The summed E-state index contributed by atoms with van der Waals surface area (Å²) in [6.07, 6.45) is 1.62. The Morgan fingerprint density at radius 3 is 2.34 bits per heavy atom. The van der Waals surface area contributed by atoms with Crippen molar-refractivity contribution in [2.75, 3.05) is 0 Å². The second-order valence-corrected chi connectivity index (χ2v) is 8.79. The Balaban J connectivity index is 1.50. The molecule has 3 aromatic carbocycles. The molecule has 10 heteroatoms. The normalized spacial score (nSPS) is 11.2. The maximum atomic E-state index is 13.5. The lowest BCUT2D eigenvalue weighted by Crippen LogP contribution is -2.24. The first-order chi connectivity index (χ1) is 18.4. The molecule has 1 N–H and O–H groups in total. The minimum Gasteiger partial charge on any atom is -0.481 e. The Bertz CT molecular complexity index is 1660. The van der Waals surface area contributed by atoms with E-state index in [9.17, 15) is 18.4 Å². The Kier molecular flexibility index (Phi) is 7.03. The van der Waals surface area contributed by atoms with Gasteiger partial charge in [0.25, 0.3) is 5.56 Å². The van der Waals surface area contributed by atoms with E-state index in [1.165, 1.54) is 41.0 Å². The molecule has 0 saturated carbocycles. The van der Waals surface area contributed by atoms with Gasteiger partial charge in [-0.2, -0.15) is 4.98 Å². The van der Waals surface area contributed by atoms with Crippen molar-refractivity contribution >= 4 is 16.9 Å². The quantitative estimate of drug-likeness (QED) is 0.271. The fourth-order valence-electron chi connectivity index (χ4n) is 4.18. The second kappa shape index (κ2) is 10.7. The van der Waals surface area contributed by atoms with Crippen LogP contribution in [-0.4, -0.2) is 30.8 Å². The first-order valence-electron chi connectivity index (χ1n) is 12.0. The third kappa shape index (κ3) is 5.49. The molecule has 0 bridgehead atoms. The van der Waals surface area contributed by atoms with Crippen LogP contribution in [-0.2, 0) is 17.6 Å². The van der Waals surface area contributed by atoms with E-state index < -0.39 is 11.8 Å². The van der Waals surface area contributed by atoms with Crippen molar-refractivity contribution in [3.05, 3.63) is 106 Å². The van der Waals surface area contributed by atoms with Gasteiger partial charge in [0.05, 0.1) is 23.0 Å². The number of nitrogens with zero attached hydrogens (tertiary/aromatic N) is 4. The average Bonchev–Trinajstić information content (AvgIpc) is 3.37. The molecular weight excluding hydrogens is 494 g/mol. The monoisotopic (exact) mass is 516 g/mol. The molecule has 0 aliphatic rings. The van der Waals surface area contributed by atoms with Crippen LogP contribution in [0.2, 0.25) is 0 Å². The molecule has 0 atom stereocenters. The van der Waals surface area contributed by atoms with Crippen molar-refractivity contribution in [1.82, 2.24) is 19.7 Å². The van der Waals surface area contributed by atoms with Gasteiger partial charge in [0.2, 0.25) is 11.7 Å². The molecule has 192 valence electrons. The number of carboxylic acids is 1. The van der Waals surface area contributed by atoms with E-state index in [1.54, 1.807) is 30.3 Å². The zero-order valence-electron chi connectivity index (χ0n) is 20.1. The predicted molar refractivity (Wildman–Crippen MR) is 135 cm³/mol. The number of unbranched alkanes of at least 4 members (excludes halogenated alkanes) is 1. The third-order valence-corrected chi connectivity index (χ3v) is 6.06. The number of rotatable bonds is 9. The predicted octanol–water partition coefficient (Wildman–Crippen LogP) is 5.10. The van der Waals surface area contributed by atoms with Crippen molar-refractivity contribution in [1.29, 1.82) is 0 Å². The summed E-state index contributed by atoms with van der Waals surface area (Å²) in [5.41, 5.74) is 1.97. The summed E-state index contributed by atoms with van der Waals surface area (Å²) in [6.45, 7) is 0. The fraction of sp³-hybridized carbons (Fsp3) is 0.179. The average molecular weight is 517 g/mol. The number of benzene rings is 3. The standard InChI is InChI=1S/C28H22F2N4O4/c29-19-8-5-17(6-9-19)15-25-32-27(33-38-25)18-7-14-22-23(16-18)31-24(3-1-2-4-26(35)36)34(28(22)37)21-12-10-20(30)11-13-21/h5-14,16H,1-4,15H2,(H,35,36). The molecule has 8 nitrogen and oxygen atoms in total. The fourth-order valence-corrected chi connectivity index (χ4v) is 4.18. The van der Waals surface area contributed by atoms with Crippen LogP contribution >= 0.6 is 0 Å². The summed E-state index contributed by atoms with van der Waals surface area (Å²) >= 11 is 0. The molecule has 0 radical (unpaired) electrons. The highest BCUT2D eigenvalue weighted by Crippen LogP contribution is 2.23. The smallest absolute Gasteiger partial charge is 0.303 e. The van der Waals surface area contributed by atoms with E-state index in [4.69, 9.17) is 14.6 Å². The van der Waals surface area contributed by atoms with Crippen molar-refractivity contribution in [2.24, 2.45) is 0 Å². The molecule has 0 spiro atoms. The topological polar surface area (TPSA) is 111 Å². The van der Waals surface area contributed by atoms with Gasteiger partial charge < -0.3 is 9.63 Å². The number of aromatic nitrogens is 4.